The first kappa shape index (κ1) is 37.3. The number of hydrogen-bond donors (Lipinski definition) is 4. The third-order valence-electron chi connectivity index (χ3n) is 9.04. The van der Waals surface area contributed by atoms with Crippen molar-refractivity contribution in [2.24, 2.45) is 0 Å². The molecule has 0 aliphatic carbocycles. The lowest BCUT2D eigenvalue weighted by Gasteiger charge is -2.15. The van der Waals surface area contributed by atoms with Crippen LogP contribution < -0.4 is 34.9 Å². The number of benzene rings is 4. The predicted octanol–water partition coefficient (Wildman–Crippen LogP) is 5.86. The van der Waals surface area contributed by atoms with Crippen LogP contribution in [0.15, 0.2) is 91.2 Å². The van der Waals surface area contributed by atoms with E-state index in [4.69, 9.17) is 13.6 Å². The van der Waals surface area contributed by atoms with Gasteiger partial charge < -0.3 is 13.6 Å². The summed E-state index contributed by atoms with van der Waals surface area (Å²) in [4.78, 5) is 26.5. The molecule has 0 aliphatic heterocycles. The Morgan fingerprint density at radius 2 is 0.981 bits per heavy atom. The summed E-state index contributed by atoms with van der Waals surface area (Å²) in [5.74, 6) is 0.897. The van der Waals surface area contributed by atoms with E-state index in [1.165, 1.54) is 14.1 Å². The average Bonchev–Trinajstić information content (AvgIpc) is 3.10. The van der Waals surface area contributed by atoms with Gasteiger partial charge in [0.15, 0.2) is 0 Å². The summed E-state index contributed by atoms with van der Waals surface area (Å²) in [6, 6.07) is 20.7. The second-order valence-electron chi connectivity index (χ2n) is 12.7. The maximum absolute atomic E-state index is 13.3. The molecular weight excluding hydrogens is 721 g/mol. The zero-order chi connectivity index (χ0) is 38.2. The van der Waals surface area contributed by atoms with E-state index in [2.05, 4.69) is 18.9 Å². The molecule has 4 N–H and O–H groups in total. The van der Waals surface area contributed by atoms with Crippen LogP contribution in [0.2, 0.25) is 0 Å². The van der Waals surface area contributed by atoms with E-state index in [-0.39, 0.29) is 12.8 Å². The average molecular weight is 759 g/mol. The van der Waals surface area contributed by atoms with Gasteiger partial charge in [0.2, 0.25) is 0 Å². The quantitative estimate of drug-likeness (QED) is 0.111. The number of nitrogens with one attached hydrogen (secondary N) is 4. The molecule has 2 heterocycles. The highest BCUT2D eigenvalue weighted by Crippen LogP contribution is 2.35. The van der Waals surface area contributed by atoms with Gasteiger partial charge in [-0.05, 0) is 97.5 Å². The van der Waals surface area contributed by atoms with E-state index in [1.54, 1.807) is 60.7 Å². The van der Waals surface area contributed by atoms with Gasteiger partial charge in [-0.3, -0.25) is 9.44 Å². The Labute approximate surface area is 306 Å². The first-order valence-electron chi connectivity index (χ1n) is 16.5. The Morgan fingerprint density at radius 1 is 0.585 bits per heavy atom. The van der Waals surface area contributed by atoms with E-state index < -0.39 is 31.7 Å². The van der Waals surface area contributed by atoms with E-state index >= 15 is 0 Å². The molecule has 0 fully saturated rings. The number of aryl methyl sites for hydroxylation is 4. The first-order chi connectivity index (χ1) is 25.1. The molecular formula is C38H38N4O9S2. The lowest BCUT2D eigenvalue weighted by molar-refractivity contribution is 0.470. The molecule has 0 aliphatic rings. The van der Waals surface area contributed by atoms with Crippen molar-refractivity contribution in [3.8, 4) is 11.5 Å². The van der Waals surface area contributed by atoms with E-state index in [9.17, 15) is 26.4 Å². The second-order valence-corrected chi connectivity index (χ2v) is 15.9. The molecule has 6 aromatic rings. The summed E-state index contributed by atoms with van der Waals surface area (Å²) in [7, 11) is -4.79. The highest BCUT2D eigenvalue weighted by molar-refractivity contribution is 7.91. The Morgan fingerprint density at radius 3 is 1.36 bits per heavy atom. The van der Waals surface area contributed by atoms with E-state index in [0.29, 0.717) is 45.2 Å². The summed E-state index contributed by atoms with van der Waals surface area (Å²) in [5, 5.41) is 1.46. The van der Waals surface area contributed by atoms with Gasteiger partial charge in [-0.25, -0.2) is 19.0 Å². The summed E-state index contributed by atoms with van der Waals surface area (Å²) >= 11 is 0. The van der Waals surface area contributed by atoms with Crippen molar-refractivity contribution in [3.63, 3.8) is 0 Å². The Bertz CT molecular complexity index is 2570. The van der Waals surface area contributed by atoms with Crippen LogP contribution in [0.4, 0.5) is 11.4 Å². The van der Waals surface area contributed by atoms with Crippen LogP contribution in [0.5, 0.6) is 11.5 Å². The zero-order valence-electron chi connectivity index (χ0n) is 29.8. The molecule has 0 saturated carbocycles. The monoisotopic (exact) mass is 758 g/mol. The SMILES string of the molecule is CNS(=O)(=O)Nc1cccc(Cc2c(C)c3cc(C)c(Oc4cc5oc(=O)c(Cc6cccc(NS(=O)(=O)NC)c6)c(C)c5cc4C)cc3oc2=O)c1. The van der Waals surface area contributed by atoms with Gasteiger partial charge in [-0.1, -0.05) is 24.3 Å². The lowest BCUT2D eigenvalue weighted by atomic mass is 9.98. The lowest BCUT2D eigenvalue weighted by Crippen LogP contribution is -2.26. The van der Waals surface area contributed by atoms with Crippen LogP contribution in [-0.2, 0) is 33.3 Å². The first-order valence-corrected chi connectivity index (χ1v) is 19.4. The van der Waals surface area contributed by atoms with Crippen molar-refractivity contribution in [3.05, 3.63) is 138 Å². The van der Waals surface area contributed by atoms with Gasteiger partial charge in [0.1, 0.15) is 22.7 Å². The van der Waals surface area contributed by atoms with E-state index in [0.717, 1.165) is 44.2 Å². The molecule has 4 aromatic carbocycles. The minimum Gasteiger partial charge on any atom is -0.457 e. The number of ether oxygens (including phenoxy) is 1. The van der Waals surface area contributed by atoms with Gasteiger partial charge >= 0.3 is 11.3 Å². The fourth-order valence-corrected chi connectivity index (χ4v) is 7.18. The minimum absolute atomic E-state index is 0.226. The van der Waals surface area contributed by atoms with Gasteiger partial charge in [0, 0.05) is 61.0 Å². The van der Waals surface area contributed by atoms with Gasteiger partial charge in [0.25, 0.3) is 20.4 Å². The van der Waals surface area contributed by atoms with Crippen molar-refractivity contribution < 1.29 is 30.4 Å². The molecule has 53 heavy (non-hydrogen) atoms. The summed E-state index contributed by atoms with van der Waals surface area (Å²) in [6.45, 7) is 7.44. The van der Waals surface area contributed by atoms with Crippen LogP contribution in [0.3, 0.4) is 0 Å². The molecule has 2 aromatic heterocycles. The predicted molar refractivity (Wildman–Crippen MR) is 206 cm³/mol. The molecule has 276 valence electrons. The number of anilines is 2. The minimum atomic E-state index is -3.70. The maximum Gasteiger partial charge on any atom is 0.340 e. The van der Waals surface area contributed by atoms with Crippen molar-refractivity contribution in [2.75, 3.05) is 23.5 Å². The molecule has 0 bridgehead atoms. The third-order valence-corrected chi connectivity index (χ3v) is 11.1. The van der Waals surface area contributed by atoms with Crippen LogP contribution in [0, 0.1) is 27.7 Å². The fraction of sp³-hybridized carbons (Fsp3) is 0.211. The summed E-state index contributed by atoms with van der Waals surface area (Å²) < 4.78 is 75.0. The fourth-order valence-electron chi connectivity index (χ4n) is 6.11. The Kier molecular flexibility index (Phi) is 10.2. The second kappa shape index (κ2) is 14.5. The smallest absolute Gasteiger partial charge is 0.340 e. The highest BCUT2D eigenvalue weighted by atomic mass is 32.2. The molecule has 0 spiro atoms. The Balaban J connectivity index is 1.28. The normalized spacial score (nSPS) is 12.0. The van der Waals surface area contributed by atoms with Crippen molar-refractivity contribution in [1.82, 2.24) is 9.44 Å². The van der Waals surface area contributed by atoms with Crippen molar-refractivity contribution in [1.29, 1.82) is 0 Å². The molecule has 6 rings (SSSR count). The van der Waals surface area contributed by atoms with Crippen molar-refractivity contribution >= 4 is 53.7 Å². The Hall–Kier alpha value is -5.48. The van der Waals surface area contributed by atoms with Crippen LogP contribution >= 0.6 is 0 Å². The molecule has 0 unspecified atom stereocenters. The molecule has 15 heteroatoms. The topological polar surface area (TPSA) is 186 Å². The molecule has 0 radical (unpaired) electrons. The maximum atomic E-state index is 13.3. The van der Waals surface area contributed by atoms with Gasteiger partial charge in [-0.2, -0.15) is 16.8 Å². The molecule has 0 amide bonds. The number of hydrogen-bond acceptors (Lipinski definition) is 9. The van der Waals surface area contributed by atoms with Crippen LogP contribution in [-0.4, -0.2) is 30.9 Å². The largest absolute Gasteiger partial charge is 0.457 e. The van der Waals surface area contributed by atoms with Gasteiger partial charge in [0.05, 0.1) is 11.4 Å². The zero-order valence-corrected chi connectivity index (χ0v) is 31.5. The summed E-state index contributed by atoms with van der Waals surface area (Å²) in [6.07, 6.45) is 0.452. The van der Waals surface area contributed by atoms with Crippen LogP contribution in [0.1, 0.15) is 44.5 Å². The van der Waals surface area contributed by atoms with Crippen molar-refractivity contribution in [2.45, 2.75) is 40.5 Å². The molecule has 0 saturated heterocycles. The van der Waals surface area contributed by atoms with Gasteiger partial charge in [-0.15, -0.1) is 0 Å². The third kappa shape index (κ3) is 8.13. The highest BCUT2D eigenvalue weighted by Gasteiger charge is 2.19. The molecule has 13 nitrogen and oxygen atoms in total. The van der Waals surface area contributed by atoms with Crippen LogP contribution in [0.25, 0.3) is 21.9 Å². The summed E-state index contributed by atoms with van der Waals surface area (Å²) in [5.41, 5.74) is 5.68. The number of rotatable bonds is 12. The number of fused-ring (bicyclic) bond motifs is 2. The van der Waals surface area contributed by atoms with E-state index in [1.807, 2.05) is 39.8 Å². The molecule has 0 atom stereocenters. The standard InChI is InChI=1S/C38H38N4O9S2/c1-21-13-29-23(3)31(17-25-9-7-11-27(15-25)41-52(45,46)39-5)37(43)50-35(29)19-33(21)49-34-20-36-30(14-22(34)2)24(4)32(38(44)51-36)18-26-10-8-12-28(16-26)42-53(47,48)40-6/h7-16,19-20,39-42H,17-18H2,1-6H3.